The van der Waals surface area contributed by atoms with Crippen molar-refractivity contribution in [2.24, 2.45) is 5.41 Å². The van der Waals surface area contributed by atoms with Crippen LogP contribution in [0.2, 0.25) is 0 Å². The van der Waals surface area contributed by atoms with Crippen LogP contribution in [0.1, 0.15) is 147 Å². The summed E-state index contributed by atoms with van der Waals surface area (Å²) in [7, 11) is 0. The normalized spacial score (nSPS) is 27.2. The van der Waals surface area contributed by atoms with Crippen LogP contribution in [0, 0.1) is 5.41 Å². The summed E-state index contributed by atoms with van der Waals surface area (Å²) in [5.41, 5.74) is 21.3. The minimum atomic E-state index is -0.0212. The quantitative estimate of drug-likeness (QED) is 0.190. The summed E-state index contributed by atoms with van der Waals surface area (Å²) < 4.78 is 8.53. The number of nitrogens with zero attached hydrogens (tertiary/aromatic N) is 3. The van der Waals surface area contributed by atoms with Gasteiger partial charge in [-0.1, -0.05) is 154 Å². The van der Waals surface area contributed by atoms with Gasteiger partial charge in [-0.25, -0.2) is 0 Å². The van der Waals surface area contributed by atoms with Gasteiger partial charge >= 0.3 is 0 Å². The first-order valence-corrected chi connectivity index (χ1v) is 28.2. The van der Waals surface area contributed by atoms with Crippen LogP contribution in [-0.2, 0) is 0 Å². The summed E-state index contributed by atoms with van der Waals surface area (Å²) in [6.45, 7) is 7.18. The molecule has 0 saturated carbocycles. The first-order valence-electron chi connectivity index (χ1n) is 27.4. The van der Waals surface area contributed by atoms with Gasteiger partial charge in [0, 0.05) is 72.8 Å². The van der Waals surface area contributed by atoms with Gasteiger partial charge in [0.1, 0.15) is 11.5 Å². The predicted octanol–water partition coefficient (Wildman–Crippen LogP) is 17.3. The van der Waals surface area contributed by atoms with Crippen molar-refractivity contribution in [2.75, 3.05) is 0 Å². The highest BCUT2D eigenvalue weighted by molar-refractivity contribution is 7.19. The second-order valence-electron chi connectivity index (χ2n) is 23.1. The van der Waals surface area contributed by atoms with E-state index in [0.29, 0.717) is 5.92 Å². The third-order valence-corrected chi connectivity index (χ3v) is 19.2. The molecule has 0 N–H and O–H groups in total. The molecule has 4 aromatic rings. The maximum atomic E-state index is 7.16. The Bertz CT molecular complexity index is 3530. The minimum Gasteiger partial charge on any atom is -0.459 e. The van der Waals surface area contributed by atoms with Gasteiger partial charge in [0.25, 0.3) is 0 Å². The van der Waals surface area contributed by atoms with E-state index in [1.54, 1.807) is 11.1 Å². The Hall–Kier alpha value is -6.82. The number of rotatable bonds is 4. The number of hydrogen-bond acceptors (Lipinski definition) is 5. The zero-order chi connectivity index (χ0) is 48.5. The maximum Gasteiger partial charge on any atom is 0.136 e. The van der Waals surface area contributed by atoms with E-state index in [1.807, 2.05) is 11.3 Å². The molecule has 0 spiro atoms. The van der Waals surface area contributed by atoms with Crippen molar-refractivity contribution in [3.8, 4) is 5.75 Å². The van der Waals surface area contributed by atoms with Gasteiger partial charge < -0.3 is 19.4 Å². The zero-order valence-corrected chi connectivity index (χ0v) is 43.2. The fourth-order valence-electron chi connectivity index (χ4n) is 14.5. The fraction of sp³-hybridized carbons (Fsp3) is 0.294. The van der Waals surface area contributed by atoms with E-state index in [0.717, 1.165) is 75.7 Å². The van der Waals surface area contributed by atoms with Crippen LogP contribution in [-0.4, -0.2) is 26.8 Å². The molecule has 3 aromatic carbocycles. The highest BCUT2D eigenvalue weighted by Gasteiger charge is 2.47. The molecule has 11 aliphatic rings. The Labute approximate surface area is 435 Å². The lowest BCUT2D eigenvalue weighted by molar-refractivity contribution is 0.275. The van der Waals surface area contributed by atoms with Gasteiger partial charge in [-0.15, -0.1) is 11.3 Å². The molecule has 6 bridgehead atoms. The summed E-state index contributed by atoms with van der Waals surface area (Å²) >= 11 is 2.01. The lowest BCUT2D eigenvalue weighted by Gasteiger charge is -2.50. The molecule has 4 nitrogen and oxygen atoms in total. The van der Waals surface area contributed by atoms with E-state index in [2.05, 4.69) is 206 Å². The Kier molecular flexibility index (Phi) is 10.1. The molecule has 0 saturated heterocycles. The lowest BCUT2D eigenvalue weighted by Crippen LogP contribution is -2.45. The third kappa shape index (κ3) is 6.97. The van der Waals surface area contributed by atoms with Gasteiger partial charge in [0.2, 0.25) is 0 Å². The van der Waals surface area contributed by atoms with Gasteiger partial charge in [-0.3, -0.25) is 0 Å². The van der Waals surface area contributed by atoms with Gasteiger partial charge in [-0.05, 0) is 139 Å². The Morgan fingerprint density at radius 1 is 0.685 bits per heavy atom. The minimum absolute atomic E-state index is 0.0212. The van der Waals surface area contributed by atoms with E-state index in [9.17, 15) is 0 Å². The number of benzene rings is 3. The van der Waals surface area contributed by atoms with Crippen LogP contribution < -0.4 is 4.74 Å². The third-order valence-electron chi connectivity index (χ3n) is 18.0. The van der Waals surface area contributed by atoms with Crippen molar-refractivity contribution >= 4 is 39.3 Å². The van der Waals surface area contributed by atoms with Crippen LogP contribution in [0.25, 0.3) is 27.9 Å². The van der Waals surface area contributed by atoms with Gasteiger partial charge in [-0.2, -0.15) is 0 Å². The van der Waals surface area contributed by atoms with E-state index < -0.39 is 0 Å². The summed E-state index contributed by atoms with van der Waals surface area (Å²) in [6, 6.07) is 23.1. The summed E-state index contributed by atoms with van der Waals surface area (Å²) in [5, 5.41) is 1.37. The molecule has 73 heavy (non-hydrogen) atoms. The lowest BCUT2D eigenvalue weighted by atomic mass is 9.65. The molecule has 362 valence electrons. The monoisotopic (exact) mass is 969 g/mol. The highest BCUT2D eigenvalue weighted by Crippen LogP contribution is 2.58. The number of hydrogen-bond donors (Lipinski definition) is 0. The molecule has 5 heteroatoms. The number of para-hydroxylation sites is 1. The Balaban J connectivity index is 0.991. The second kappa shape index (κ2) is 16.9. The molecular weight excluding hydrogens is 907 g/mol. The molecule has 0 fully saturated rings. The first-order chi connectivity index (χ1) is 35.8. The van der Waals surface area contributed by atoms with Crippen molar-refractivity contribution in [3.63, 3.8) is 0 Å². The average Bonchev–Trinajstić information content (AvgIpc) is 4.01. The first kappa shape index (κ1) is 43.7. The molecule has 6 atom stereocenters. The topological polar surface area (TPSA) is 19.0 Å². The highest BCUT2D eigenvalue weighted by atomic mass is 32.1. The predicted molar refractivity (Wildman–Crippen MR) is 302 cm³/mol. The molecule has 9 aliphatic carbocycles. The molecule has 1 aromatic heterocycles. The number of ether oxygens (including phenoxy) is 1. The van der Waals surface area contributed by atoms with Crippen molar-refractivity contribution < 1.29 is 4.74 Å². The largest absolute Gasteiger partial charge is 0.459 e. The second-order valence-corrected chi connectivity index (χ2v) is 24.1. The van der Waals surface area contributed by atoms with E-state index >= 15 is 0 Å². The zero-order valence-electron chi connectivity index (χ0n) is 42.4. The molecular formula is C68H63N3OS. The van der Waals surface area contributed by atoms with Crippen LogP contribution in [0.5, 0.6) is 5.75 Å². The molecule has 0 amide bonds. The Morgan fingerprint density at radius 2 is 1.58 bits per heavy atom. The standard InChI is InChI=1S/C68H63N3OS/c1-68(2,3)46-37-44-31-35-56-60-41-61(57-36-32-45(38-46)64(44)65(56)57)71(59-26-14-24-55-53-22-8-10-28-63(53)73-67(55)59)51-20-12-18-49(40-51)69(47-33-29-43(30-34-47)42-15-5-4-6-16-42)48-17-11-19-50(39-48)70(60)58-25-13-23-54-52-21-7-9-27-62(52)72-66(54)58/h4-5,7-10,12-15,17-18,20-22,24-25,27-29,31-33,35-36,38-39,41,44,49,54,56,59-60H,6,11,16,19,23,26,30,34,37,40H2,1-3H3. The summed E-state index contributed by atoms with van der Waals surface area (Å²) in [6.07, 6.45) is 54.8. The van der Waals surface area contributed by atoms with Crippen LogP contribution in [0.4, 0.5) is 0 Å². The molecule has 0 radical (unpaired) electrons. The van der Waals surface area contributed by atoms with E-state index in [1.165, 1.54) is 88.1 Å². The van der Waals surface area contributed by atoms with Crippen molar-refractivity contribution in [3.05, 3.63) is 247 Å². The molecule has 15 rings (SSSR count). The maximum absolute atomic E-state index is 7.16. The fourth-order valence-corrected chi connectivity index (χ4v) is 15.8. The Morgan fingerprint density at radius 3 is 2.47 bits per heavy atom. The average molecular weight is 970 g/mol. The number of fused-ring (bicyclic) bond motifs is 12. The van der Waals surface area contributed by atoms with Gasteiger partial charge in [0.05, 0.1) is 29.7 Å². The van der Waals surface area contributed by atoms with E-state index in [-0.39, 0.29) is 35.4 Å². The van der Waals surface area contributed by atoms with E-state index in [4.69, 9.17) is 4.74 Å². The SMILES string of the molecule is CC(C)(C)C1=Cc2ccc3c4c2C(C=CC4C2C=C3N(C3CC=Cc4c3sc3ccccc43)C3=CC=CC(C3)N(C3=CC=C(C4=CC=CCC4)CC3)C3=CCCC(=C3)N2C2=C3Oc4ccccc4C3CC=C2)C1. The van der Waals surface area contributed by atoms with Crippen LogP contribution >= 0.6 is 11.3 Å². The summed E-state index contributed by atoms with van der Waals surface area (Å²) in [5.74, 6) is 2.75. The molecule has 6 unspecified atom stereocenters. The van der Waals surface area contributed by atoms with Crippen molar-refractivity contribution in [1.82, 2.24) is 14.7 Å². The van der Waals surface area contributed by atoms with Crippen LogP contribution in [0.3, 0.4) is 0 Å². The van der Waals surface area contributed by atoms with Crippen molar-refractivity contribution in [2.45, 2.75) is 121 Å². The number of thiophene rings is 1. The molecule has 2 aliphatic heterocycles. The smallest absolute Gasteiger partial charge is 0.136 e. The van der Waals surface area contributed by atoms with Crippen molar-refractivity contribution in [1.29, 1.82) is 0 Å². The van der Waals surface area contributed by atoms with Crippen LogP contribution in [0.15, 0.2) is 209 Å². The molecule has 3 heterocycles. The van der Waals surface area contributed by atoms with Gasteiger partial charge in [0.15, 0.2) is 0 Å². The number of allylic oxidation sites excluding steroid dienone is 18. The summed E-state index contributed by atoms with van der Waals surface area (Å²) in [4.78, 5) is 9.90.